The van der Waals surface area contributed by atoms with Crippen molar-refractivity contribution in [2.45, 2.75) is 46.3 Å². The summed E-state index contributed by atoms with van der Waals surface area (Å²) in [7, 11) is 0. The van der Waals surface area contributed by atoms with Gasteiger partial charge in [-0.15, -0.1) is 0 Å². The lowest BCUT2D eigenvalue weighted by molar-refractivity contribution is 0.175. The fourth-order valence-corrected chi connectivity index (χ4v) is 3.88. The molecule has 2 aromatic carbocycles. The van der Waals surface area contributed by atoms with Crippen molar-refractivity contribution >= 4 is 17.7 Å². The van der Waals surface area contributed by atoms with Crippen molar-refractivity contribution in [1.82, 2.24) is 5.32 Å². The fourth-order valence-electron chi connectivity index (χ4n) is 3.70. The first kappa shape index (κ1) is 18.6. The van der Waals surface area contributed by atoms with E-state index in [1.54, 1.807) is 0 Å². The molecule has 1 aliphatic carbocycles. The van der Waals surface area contributed by atoms with E-state index in [1.165, 1.54) is 0 Å². The minimum Gasteiger partial charge on any atom is -0.490 e. The normalized spacial score (nSPS) is 17.8. The smallest absolute Gasteiger partial charge is 0.405 e. The lowest BCUT2D eigenvalue weighted by Gasteiger charge is -2.27. The van der Waals surface area contributed by atoms with Gasteiger partial charge in [0.25, 0.3) is 0 Å². The summed E-state index contributed by atoms with van der Waals surface area (Å²) in [6.45, 7) is 8.15. The molecule has 5 heteroatoms. The zero-order valence-corrected chi connectivity index (χ0v) is 16.2. The zero-order valence-electron chi connectivity index (χ0n) is 15.5. The number of nitrogens with one attached hydrogen (secondary N) is 1. The number of carboxylic acid groups (broad SMARTS) is 1. The lowest BCUT2D eigenvalue weighted by atomic mass is 9.85. The molecule has 0 aromatic heterocycles. The van der Waals surface area contributed by atoms with E-state index in [0.717, 1.165) is 34.4 Å². The highest BCUT2D eigenvalue weighted by atomic mass is 35.5. The number of rotatable bonds is 4. The third kappa shape index (κ3) is 3.65. The van der Waals surface area contributed by atoms with Gasteiger partial charge < -0.3 is 15.2 Å². The Morgan fingerprint density at radius 1 is 1.27 bits per heavy atom. The summed E-state index contributed by atoms with van der Waals surface area (Å²) in [6.07, 6.45) is -0.128. The molecule has 3 rings (SSSR count). The molecule has 0 bridgehead atoms. The summed E-state index contributed by atoms with van der Waals surface area (Å²) in [5.74, 6) is 0.793. The number of hydrogen-bond acceptors (Lipinski definition) is 2. The van der Waals surface area contributed by atoms with Crippen LogP contribution in [0.15, 0.2) is 36.4 Å². The van der Waals surface area contributed by atoms with Crippen LogP contribution in [-0.4, -0.2) is 17.3 Å². The third-order valence-electron chi connectivity index (χ3n) is 4.76. The van der Waals surface area contributed by atoms with Crippen LogP contribution >= 0.6 is 11.6 Å². The second-order valence-electron chi connectivity index (χ2n) is 7.77. The maximum absolute atomic E-state index is 11.2. The highest BCUT2D eigenvalue weighted by molar-refractivity contribution is 6.31. The van der Waals surface area contributed by atoms with Crippen molar-refractivity contribution in [3.8, 4) is 16.9 Å². The first-order valence-electron chi connectivity index (χ1n) is 8.76. The number of fused-ring (bicyclic) bond motifs is 1. The quantitative estimate of drug-likeness (QED) is 0.724. The molecule has 0 fully saturated rings. The molecule has 2 N–H and O–H groups in total. The molecule has 0 radical (unpaired) electrons. The summed E-state index contributed by atoms with van der Waals surface area (Å²) >= 11 is 6.22. The minimum atomic E-state index is -0.998. The summed E-state index contributed by atoms with van der Waals surface area (Å²) in [6, 6.07) is 11.6. The number of carbonyl (C=O) groups is 1. The molecule has 2 aromatic rings. The van der Waals surface area contributed by atoms with Crippen LogP contribution in [-0.2, 0) is 6.42 Å². The monoisotopic (exact) mass is 373 g/mol. The molecule has 26 heavy (non-hydrogen) atoms. The zero-order chi connectivity index (χ0) is 19.1. The molecule has 0 saturated heterocycles. The largest absolute Gasteiger partial charge is 0.490 e. The van der Waals surface area contributed by atoms with E-state index in [2.05, 4.69) is 25.2 Å². The van der Waals surface area contributed by atoms with E-state index in [1.807, 2.05) is 44.2 Å². The molecule has 0 spiro atoms. The SMILES string of the molecule is CC(C)Oc1ccc(Cl)cc1-c1ccc2c(c1)CC(C)(C)C2NC(=O)O. The van der Waals surface area contributed by atoms with Crippen LogP contribution in [0.3, 0.4) is 0 Å². The van der Waals surface area contributed by atoms with Crippen molar-refractivity contribution in [1.29, 1.82) is 0 Å². The first-order chi connectivity index (χ1) is 12.2. The van der Waals surface area contributed by atoms with Gasteiger partial charge in [-0.1, -0.05) is 43.6 Å². The lowest BCUT2D eigenvalue weighted by Crippen LogP contribution is -2.34. The standard InChI is InChI=1S/C21H24ClNO3/c1-12(2)26-18-8-6-15(22)10-17(18)13-5-7-16-14(9-13)11-21(3,4)19(16)23-20(24)25/h5-10,12,19,23H,11H2,1-4H3,(H,24,25). The topological polar surface area (TPSA) is 58.6 Å². The van der Waals surface area contributed by atoms with Gasteiger partial charge in [0.15, 0.2) is 0 Å². The van der Waals surface area contributed by atoms with Crippen molar-refractivity contribution in [2.75, 3.05) is 0 Å². The maximum atomic E-state index is 11.2. The Bertz CT molecular complexity index is 845. The van der Waals surface area contributed by atoms with Gasteiger partial charge in [0, 0.05) is 10.6 Å². The second-order valence-corrected chi connectivity index (χ2v) is 8.20. The Morgan fingerprint density at radius 2 is 2.00 bits per heavy atom. The average molecular weight is 374 g/mol. The number of halogens is 1. The highest BCUT2D eigenvalue weighted by Gasteiger charge is 2.40. The van der Waals surface area contributed by atoms with E-state index in [9.17, 15) is 9.90 Å². The molecule has 1 unspecified atom stereocenters. The second kappa shape index (κ2) is 6.84. The molecule has 0 heterocycles. The molecule has 1 amide bonds. The van der Waals surface area contributed by atoms with E-state index < -0.39 is 6.09 Å². The van der Waals surface area contributed by atoms with E-state index >= 15 is 0 Å². The number of ether oxygens (including phenoxy) is 1. The van der Waals surface area contributed by atoms with Crippen molar-refractivity contribution in [3.63, 3.8) is 0 Å². The van der Waals surface area contributed by atoms with Crippen LogP contribution in [0.2, 0.25) is 5.02 Å². The van der Waals surface area contributed by atoms with Gasteiger partial charge in [0.05, 0.1) is 12.1 Å². The van der Waals surface area contributed by atoms with Crippen molar-refractivity contribution in [3.05, 3.63) is 52.5 Å². The number of amides is 1. The van der Waals surface area contributed by atoms with E-state index in [-0.39, 0.29) is 17.6 Å². The molecule has 0 saturated carbocycles. The Hall–Kier alpha value is -2.20. The summed E-state index contributed by atoms with van der Waals surface area (Å²) < 4.78 is 5.94. The van der Waals surface area contributed by atoms with Crippen LogP contribution in [0, 0.1) is 5.41 Å². The predicted molar refractivity (Wildman–Crippen MR) is 104 cm³/mol. The minimum absolute atomic E-state index is 0.0624. The maximum Gasteiger partial charge on any atom is 0.405 e. The molecular weight excluding hydrogens is 350 g/mol. The molecular formula is C21H24ClNO3. The fraction of sp³-hybridized carbons (Fsp3) is 0.381. The van der Waals surface area contributed by atoms with Gasteiger partial charge in [-0.05, 0) is 60.6 Å². The van der Waals surface area contributed by atoms with Crippen LogP contribution in [0.25, 0.3) is 11.1 Å². The van der Waals surface area contributed by atoms with Crippen LogP contribution in [0.4, 0.5) is 4.79 Å². The third-order valence-corrected chi connectivity index (χ3v) is 5.00. The van der Waals surface area contributed by atoms with Gasteiger partial charge in [-0.3, -0.25) is 0 Å². The molecule has 0 aliphatic heterocycles. The number of benzene rings is 2. The Kier molecular flexibility index (Phi) is 4.89. The molecule has 138 valence electrons. The van der Waals surface area contributed by atoms with Crippen LogP contribution < -0.4 is 10.1 Å². The molecule has 1 atom stereocenters. The van der Waals surface area contributed by atoms with Crippen LogP contribution in [0.1, 0.15) is 44.9 Å². The van der Waals surface area contributed by atoms with Gasteiger partial charge in [0.2, 0.25) is 0 Å². The van der Waals surface area contributed by atoms with Gasteiger partial charge in [0.1, 0.15) is 5.75 Å². The summed E-state index contributed by atoms with van der Waals surface area (Å²) in [5.41, 5.74) is 3.98. The van der Waals surface area contributed by atoms with Crippen molar-refractivity contribution < 1.29 is 14.6 Å². The molecule has 4 nitrogen and oxygen atoms in total. The van der Waals surface area contributed by atoms with Gasteiger partial charge >= 0.3 is 6.09 Å². The highest BCUT2D eigenvalue weighted by Crippen LogP contribution is 2.46. The van der Waals surface area contributed by atoms with Gasteiger partial charge in [-0.25, -0.2) is 4.79 Å². The predicted octanol–water partition coefficient (Wildman–Crippen LogP) is 5.69. The van der Waals surface area contributed by atoms with E-state index in [0.29, 0.717) is 5.02 Å². The summed E-state index contributed by atoms with van der Waals surface area (Å²) in [4.78, 5) is 11.2. The van der Waals surface area contributed by atoms with Crippen LogP contribution in [0.5, 0.6) is 5.75 Å². The number of hydrogen-bond donors (Lipinski definition) is 2. The summed E-state index contributed by atoms with van der Waals surface area (Å²) in [5, 5.41) is 12.5. The van der Waals surface area contributed by atoms with Crippen molar-refractivity contribution in [2.24, 2.45) is 5.41 Å². The average Bonchev–Trinajstić information content (AvgIpc) is 2.78. The van der Waals surface area contributed by atoms with E-state index in [4.69, 9.17) is 16.3 Å². The van der Waals surface area contributed by atoms with Gasteiger partial charge in [-0.2, -0.15) is 0 Å². The Balaban J connectivity index is 2.04. The Labute approximate surface area is 159 Å². The molecule has 1 aliphatic rings. The Morgan fingerprint density at radius 3 is 2.65 bits per heavy atom. The first-order valence-corrected chi connectivity index (χ1v) is 9.14.